The van der Waals surface area contributed by atoms with Gasteiger partial charge in [0.2, 0.25) is 5.95 Å². The predicted octanol–water partition coefficient (Wildman–Crippen LogP) is 2.41. The van der Waals surface area contributed by atoms with Crippen molar-refractivity contribution in [1.29, 1.82) is 0 Å². The van der Waals surface area contributed by atoms with E-state index in [1.165, 1.54) is 0 Å². The number of anilines is 3. The summed E-state index contributed by atoms with van der Waals surface area (Å²) < 4.78 is 0. The number of hydrogen-bond donors (Lipinski definition) is 3. The highest BCUT2D eigenvalue weighted by molar-refractivity contribution is 7.99. The third-order valence-corrected chi connectivity index (χ3v) is 3.56. The van der Waals surface area contributed by atoms with Gasteiger partial charge >= 0.3 is 0 Å². The Hall–Kier alpha value is -1.73. The third kappa shape index (κ3) is 3.64. The molecule has 2 heterocycles. The fourth-order valence-corrected chi connectivity index (χ4v) is 2.41. The van der Waals surface area contributed by atoms with Crippen molar-refractivity contribution in [1.82, 2.24) is 15.0 Å². The molecule has 0 atom stereocenters. The lowest BCUT2D eigenvalue weighted by atomic mass is 10.2. The van der Waals surface area contributed by atoms with Crippen molar-refractivity contribution in [3.8, 4) is 0 Å². The monoisotopic (exact) mass is 310 g/mol. The van der Waals surface area contributed by atoms with Gasteiger partial charge in [-0.05, 0) is 23.4 Å². The zero-order valence-electron chi connectivity index (χ0n) is 10.9. The summed E-state index contributed by atoms with van der Waals surface area (Å²) in [7, 11) is 0. The molecular weight excluding hydrogens is 296 g/mol. The highest BCUT2D eigenvalue weighted by Gasteiger charge is 2.08. The Balaban J connectivity index is 2.10. The number of pyridine rings is 1. The van der Waals surface area contributed by atoms with E-state index < -0.39 is 0 Å². The molecule has 0 spiro atoms. The molecule has 2 rings (SSSR count). The average molecular weight is 311 g/mol. The van der Waals surface area contributed by atoms with E-state index in [-0.39, 0.29) is 16.8 Å². The first-order chi connectivity index (χ1) is 9.60. The summed E-state index contributed by atoms with van der Waals surface area (Å²) in [6.07, 6.45) is 1.78. The Morgan fingerprint density at radius 1 is 1.35 bits per heavy atom. The minimum Gasteiger partial charge on any atom is -0.393 e. The second-order valence-corrected chi connectivity index (χ2v) is 5.57. The summed E-state index contributed by atoms with van der Waals surface area (Å²) in [4.78, 5) is 12.1. The molecule has 106 valence electrons. The number of halogens is 1. The van der Waals surface area contributed by atoms with Gasteiger partial charge in [-0.3, -0.25) is 0 Å². The summed E-state index contributed by atoms with van der Waals surface area (Å²) in [6.45, 7) is 2.64. The molecule has 0 fully saturated rings. The fourth-order valence-electron chi connectivity index (χ4n) is 1.57. The van der Waals surface area contributed by atoms with Gasteiger partial charge in [0.25, 0.3) is 0 Å². The molecule has 20 heavy (non-hydrogen) atoms. The molecule has 0 saturated carbocycles. The van der Waals surface area contributed by atoms with Gasteiger partial charge in [-0.2, -0.15) is 9.97 Å². The largest absolute Gasteiger partial charge is 0.393 e. The topological polar surface area (TPSA) is 103 Å². The number of rotatable bonds is 5. The maximum absolute atomic E-state index is 5.86. The molecular formula is C12H15ClN6S. The van der Waals surface area contributed by atoms with Gasteiger partial charge in [0.15, 0.2) is 11.0 Å². The normalized spacial score (nSPS) is 10.5. The molecule has 0 bridgehead atoms. The maximum Gasteiger partial charge on any atom is 0.223 e. The Morgan fingerprint density at radius 2 is 2.15 bits per heavy atom. The molecule has 2 aromatic rings. The average Bonchev–Trinajstić information content (AvgIpc) is 2.42. The molecule has 5 N–H and O–H groups in total. The van der Waals surface area contributed by atoms with Crippen molar-refractivity contribution < 1.29 is 0 Å². The van der Waals surface area contributed by atoms with Crippen LogP contribution in [0, 0.1) is 0 Å². The zero-order chi connectivity index (χ0) is 14.5. The van der Waals surface area contributed by atoms with Crippen molar-refractivity contribution in [2.24, 2.45) is 0 Å². The van der Waals surface area contributed by atoms with Crippen LogP contribution >= 0.6 is 23.4 Å². The molecule has 6 nitrogen and oxygen atoms in total. The highest BCUT2D eigenvalue weighted by Crippen LogP contribution is 2.25. The van der Waals surface area contributed by atoms with E-state index in [1.807, 2.05) is 12.1 Å². The van der Waals surface area contributed by atoms with E-state index >= 15 is 0 Å². The molecule has 0 saturated heterocycles. The molecule has 0 amide bonds. The van der Waals surface area contributed by atoms with Crippen LogP contribution in [-0.4, -0.2) is 20.7 Å². The van der Waals surface area contributed by atoms with Crippen LogP contribution in [0.2, 0.25) is 5.15 Å². The molecule has 0 radical (unpaired) electrons. The van der Waals surface area contributed by atoms with Crippen LogP contribution in [-0.2, 0) is 6.54 Å². The molecule has 0 aliphatic heterocycles. The first kappa shape index (κ1) is 14.7. The van der Waals surface area contributed by atoms with E-state index in [0.717, 1.165) is 16.3 Å². The smallest absolute Gasteiger partial charge is 0.223 e. The second kappa shape index (κ2) is 6.62. The van der Waals surface area contributed by atoms with E-state index in [1.54, 1.807) is 18.0 Å². The maximum atomic E-state index is 5.86. The summed E-state index contributed by atoms with van der Waals surface area (Å²) in [5.74, 6) is 1.50. The van der Waals surface area contributed by atoms with Crippen molar-refractivity contribution >= 4 is 40.8 Å². The van der Waals surface area contributed by atoms with Crippen LogP contribution < -0.4 is 16.8 Å². The Labute approximate surface area is 126 Å². The number of aromatic nitrogens is 3. The Morgan fingerprint density at radius 3 is 2.90 bits per heavy atom. The summed E-state index contributed by atoms with van der Waals surface area (Å²) in [5.41, 5.74) is 12.7. The molecule has 0 aliphatic carbocycles. The van der Waals surface area contributed by atoms with Crippen molar-refractivity contribution in [3.63, 3.8) is 0 Å². The Kier molecular flexibility index (Phi) is 4.86. The lowest BCUT2D eigenvalue weighted by Crippen LogP contribution is -2.08. The van der Waals surface area contributed by atoms with Gasteiger partial charge in [-0.1, -0.05) is 18.5 Å². The van der Waals surface area contributed by atoms with Crippen LogP contribution in [0.1, 0.15) is 12.5 Å². The standard InChI is InChI=1S/C12H15ClN6S/c1-2-20-8-5-7(3-4-16-8)6-17-11-9(14)10(13)18-12(15)19-11/h3-5H,2,6,14H2,1H3,(H3,15,17,18,19). The minimum absolute atomic E-state index is 0.0867. The predicted molar refractivity (Wildman–Crippen MR) is 83.8 cm³/mol. The van der Waals surface area contributed by atoms with Gasteiger partial charge in [-0.15, -0.1) is 11.8 Å². The number of thioether (sulfide) groups is 1. The van der Waals surface area contributed by atoms with Gasteiger partial charge < -0.3 is 16.8 Å². The highest BCUT2D eigenvalue weighted by atomic mass is 35.5. The summed E-state index contributed by atoms with van der Waals surface area (Å²) in [5, 5.41) is 4.24. The molecule has 0 aromatic carbocycles. The molecule has 0 aliphatic rings. The lowest BCUT2D eigenvalue weighted by molar-refractivity contribution is 1.04. The number of nitrogens with zero attached hydrogens (tertiary/aromatic N) is 3. The first-order valence-corrected chi connectivity index (χ1v) is 7.36. The van der Waals surface area contributed by atoms with Gasteiger partial charge in [0.1, 0.15) is 5.69 Å². The summed E-state index contributed by atoms with van der Waals surface area (Å²) in [6, 6.07) is 3.94. The third-order valence-electron chi connectivity index (χ3n) is 2.47. The quantitative estimate of drug-likeness (QED) is 0.575. The van der Waals surface area contributed by atoms with Crippen LogP contribution in [0.3, 0.4) is 0 Å². The van der Waals surface area contributed by atoms with Crippen molar-refractivity contribution in [2.45, 2.75) is 18.5 Å². The fraction of sp³-hybridized carbons (Fsp3) is 0.250. The molecule has 8 heteroatoms. The molecule has 2 aromatic heterocycles. The second-order valence-electron chi connectivity index (χ2n) is 3.92. The van der Waals surface area contributed by atoms with Crippen LogP contribution in [0.4, 0.5) is 17.5 Å². The van der Waals surface area contributed by atoms with E-state index in [9.17, 15) is 0 Å². The van der Waals surface area contributed by atoms with Crippen molar-refractivity contribution in [3.05, 3.63) is 29.0 Å². The van der Waals surface area contributed by atoms with Crippen LogP contribution in [0.25, 0.3) is 0 Å². The molecule has 0 unspecified atom stereocenters. The van der Waals surface area contributed by atoms with E-state index in [0.29, 0.717) is 12.4 Å². The minimum atomic E-state index is 0.0867. The summed E-state index contributed by atoms with van der Waals surface area (Å²) >= 11 is 7.55. The lowest BCUT2D eigenvalue weighted by Gasteiger charge is -2.10. The number of hydrogen-bond acceptors (Lipinski definition) is 7. The zero-order valence-corrected chi connectivity index (χ0v) is 12.5. The number of nitrogens with one attached hydrogen (secondary N) is 1. The van der Waals surface area contributed by atoms with E-state index in [2.05, 4.69) is 27.2 Å². The number of nitrogen functional groups attached to an aromatic ring is 2. The first-order valence-electron chi connectivity index (χ1n) is 6.00. The van der Waals surface area contributed by atoms with E-state index in [4.69, 9.17) is 23.1 Å². The van der Waals surface area contributed by atoms with Crippen LogP contribution in [0.5, 0.6) is 0 Å². The van der Waals surface area contributed by atoms with Crippen LogP contribution in [0.15, 0.2) is 23.4 Å². The van der Waals surface area contributed by atoms with Crippen molar-refractivity contribution in [2.75, 3.05) is 22.5 Å². The Bertz CT molecular complexity index is 606. The van der Waals surface area contributed by atoms with Gasteiger partial charge in [0.05, 0.1) is 5.03 Å². The number of nitrogens with two attached hydrogens (primary N) is 2. The van der Waals surface area contributed by atoms with Gasteiger partial charge in [0, 0.05) is 12.7 Å². The SMILES string of the molecule is CCSc1cc(CNc2nc(N)nc(Cl)c2N)ccn1. The van der Waals surface area contributed by atoms with Gasteiger partial charge in [-0.25, -0.2) is 4.98 Å².